The summed E-state index contributed by atoms with van der Waals surface area (Å²) in [6, 6.07) is 22.7. The zero-order valence-corrected chi connectivity index (χ0v) is 17.6. The van der Waals surface area contributed by atoms with Gasteiger partial charge in [0.1, 0.15) is 5.75 Å². The number of rotatable bonds is 2. The molecule has 0 fully saturated rings. The third-order valence-corrected chi connectivity index (χ3v) is 6.06. The van der Waals surface area contributed by atoms with E-state index in [1.807, 2.05) is 30.3 Å². The van der Waals surface area contributed by atoms with Gasteiger partial charge in [-0.15, -0.1) is 0 Å². The number of halogens is 2. The van der Waals surface area contributed by atoms with Crippen molar-refractivity contribution < 1.29 is 4.74 Å². The van der Waals surface area contributed by atoms with Crippen LogP contribution in [-0.2, 0) is 0 Å². The smallest absolute Gasteiger partial charge is 0.213 e. The molecule has 28 heavy (non-hydrogen) atoms. The molecule has 0 unspecified atom stereocenters. The molecule has 0 aliphatic carbocycles. The fourth-order valence-corrected chi connectivity index (χ4v) is 4.27. The minimum atomic E-state index is -0.257. The van der Waals surface area contributed by atoms with Gasteiger partial charge in [0.05, 0.1) is 11.8 Å². The van der Waals surface area contributed by atoms with E-state index in [4.69, 9.17) is 21.4 Å². The van der Waals surface area contributed by atoms with Crippen molar-refractivity contribution in [2.45, 2.75) is 25.6 Å². The van der Waals surface area contributed by atoms with E-state index in [9.17, 15) is 0 Å². The monoisotopic (exact) mass is 452 g/mol. The molecule has 5 heteroatoms. The minimum Gasteiger partial charge on any atom is -0.464 e. The Labute approximate surface area is 177 Å². The van der Waals surface area contributed by atoms with E-state index in [2.05, 4.69) is 64.3 Å². The van der Waals surface area contributed by atoms with Crippen LogP contribution in [-0.4, -0.2) is 10.7 Å². The molecule has 5 rings (SSSR count). The number of hydrazone groups is 1. The summed E-state index contributed by atoms with van der Waals surface area (Å²) >= 11 is 9.80. The van der Waals surface area contributed by atoms with Crippen molar-refractivity contribution >= 4 is 33.2 Å². The zero-order chi connectivity index (χ0) is 19.3. The zero-order valence-electron chi connectivity index (χ0n) is 15.3. The molecule has 0 amide bonds. The molecule has 140 valence electrons. The summed E-state index contributed by atoms with van der Waals surface area (Å²) in [7, 11) is 0. The van der Waals surface area contributed by atoms with Gasteiger partial charge in [-0.05, 0) is 42.8 Å². The van der Waals surface area contributed by atoms with Crippen molar-refractivity contribution in [1.82, 2.24) is 5.01 Å². The first-order valence-electron chi connectivity index (χ1n) is 9.23. The molecule has 3 nitrogen and oxygen atoms in total. The largest absolute Gasteiger partial charge is 0.464 e. The maximum absolute atomic E-state index is 6.38. The Morgan fingerprint density at radius 2 is 1.79 bits per heavy atom. The van der Waals surface area contributed by atoms with E-state index in [-0.39, 0.29) is 12.3 Å². The van der Waals surface area contributed by atoms with Crippen LogP contribution in [0.5, 0.6) is 5.75 Å². The fraction of sp³-hybridized carbons (Fsp3) is 0.174. The van der Waals surface area contributed by atoms with Gasteiger partial charge in [0.15, 0.2) is 0 Å². The van der Waals surface area contributed by atoms with Crippen LogP contribution in [0, 0.1) is 6.92 Å². The number of aryl methyl sites for hydroxylation is 1. The first-order valence-corrected chi connectivity index (χ1v) is 10.4. The van der Waals surface area contributed by atoms with Gasteiger partial charge in [0.25, 0.3) is 0 Å². The molecule has 0 spiro atoms. The number of hydrogen-bond acceptors (Lipinski definition) is 3. The summed E-state index contributed by atoms with van der Waals surface area (Å²) in [5.41, 5.74) is 5.60. The maximum atomic E-state index is 6.38. The van der Waals surface area contributed by atoms with Gasteiger partial charge < -0.3 is 4.74 Å². The second-order valence-corrected chi connectivity index (χ2v) is 8.57. The van der Waals surface area contributed by atoms with Crippen LogP contribution in [0.15, 0.2) is 76.3 Å². The van der Waals surface area contributed by atoms with Gasteiger partial charge in [-0.2, -0.15) is 5.10 Å². The number of hydrogen-bond donors (Lipinski definition) is 0. The van der Waals surface area contributed by atoms with E-state index in [1.165, 1.54) is 5.56 Å². The van der Waals surface area contributed by atoms with Crippen LogP contribution >= 0.6 is 27.5 Å². The third-order valence-electron chi connectivity index (χ3n) is 5.29. The fourth-order valence-electron chi connectivity index (χ4n) is 3.83. The average molecular weight is 454 g/mol. The Balaban J connectivity index is 1.59. The van der Waals surface area contributed by atoms with Crippen molar-refractivity contribution in [2.75, 3.05) is 0 Å². The predicted molar refractivity (Wildman–Crippen MR) is 116 cm³/mol. The molecule has 2 atom stereocenters. The lowest BCUT2D eigenvalue weighted by atomic mass is 9.96. The maximum Gasteiger partial charge on any atom is 0.213 e. The lowest BCUT2D eigenvalue weighted by molar-refractivity contribution is -0.0190. The Bertz CT molecular complexity index is 1060. The summed E-state index contributed by atoms with van der Waals surface area (Å²) in [5, 5.41) is 7.79. The molecule has 2 aliphatic heterocycles. The van der Waals surface area contributed by atoms with Crippen LogP contribution in [0.1, 0.15) is 40.9 Å². The van der Waals surface area contributed by atoms with Gasteiger partial charge in [-0.25, -0.2) is 5.01 Å². The van der Waals surface area contributed by atoms with Crippen LogP contribution < -0.4 is 4.74 Å². The Morgan fingerprint density at radius 3 is 2.54 bits per heavy atom. The van der Waals surface area contributed by atoms with E-state index in [0.29, 0.717) is 5.02 Å². The molecule has 2 heterocycles. The van der Waals surface area contributed by atoms with Crippen molar-refractivity contribution in [3.63, 3.8) is 0 Å². The van der Waals surface area contributed by atoms with E-state index >= 15 is 0 Å². The van der Waals surface area contributed by atoms with Crippen molar-refractivity contribution in [3.8, 4) is 5.75 Å². The van der Waals surface area contributed by atoms with E-state index in [0.717, 1.165) is 39.0 Å². The van der Waals surface area contributed by atoms with Gasteiger partial charge in [0, 0.05) is 27.0 Å². The standard InChI is InChI=1S/C23H18BrClN2O/c1-14-2-4-16(5-3-14)23-27-21(19-12-18(25)10-11-22(19)28-23)13-20(26-27)15-6-8-17(24)9-7-15/h2-12,21,23H,13H2,1H3/t21-,23+/m1/s1. The van der Waals surface area contributed by atoms with Gasteiger partial charge >= 0.3 is 0 Å². The summed E-state index contributed by atoms with van der Waals surface area (Å²) in [6.45, 7) is 2.09. The van der Waals surface area contributed by atoms with Crippen LogP contribution in [0.3, 0.4) is 0 Å². The quantitative estimate of drug-likeness (QED) is 0.434. The van der Waals surface area contributed by atoms with Crippen LogP contribution in [0.25, 0.3) is 0 Å². The SMILES string of the molecule is Cc1ccc([C@@H]2Oc3ccc(Cl)cc3[C@H]3CC(c4ccc(Br)cc4)=NN32)cc1. The number of ether oxygens (including phenoxy) is 1. The van der Waals surface area contributed by atoms with Crippen molar-refractivity contribution in [2.24, 2.45) is 5.10 Å². The van der Waals surface area contributed by atoms with Crippen molar-refractivity contribution in [1.29, 1.82) is 0 Å². The van der Waals surface area contributed by atoms with Crippen LogP contribution in [0.4, 0.5) is 0 Å². The van der Waals surface area contributed by atoms with Gasteiger partial charge in [-0.3, -0.25) is 0 Å². The van der Waals surface area contributed by atoms with Crippen LogP contribution in [0.2, 0.25) is 5.02 Å². The van der Waals surface area contributed by atoms with Crippen molar-refractivity contribution in [3.05, 3.63) is 98.5 Å². The first kappa shape index (κ1) is 17.8. The highest BCUT2D eigenvalue weighted by Gasteiger charge is 2.41. The highest BCUT2D eigenvalue weighted by Crippen LogP contribution is 2.48. The molecule has 3 aromatic rings. The molecular formula is C23H18BrClN2O. The third kappa shape index (κ3) is 3.11. The summed E-state index contributed by atoms with van der Waals surface area (Å²) in [6.07, 6.45) is 0.563. The first-order chi connectivity index (χ1) is 13.6. The van der Waals surface area contributed by atoms with Gasteiger partial charge in [0.2, 0.25) is 6.23 Å². The summed E-state index contributed by atoms with van der Waals surface area (Å²) in [4.78, 5) is 0. The molecule has 0 aromatic heterocycles. The predicted octanol–water partition coefficient (Wildman–Crippen LogP) is 6.65. The normalized spacial score (nSPS) is 20.2. The second-order valence-electron chi connectivity index (χ2n) is 7.22. The highest BCUT2D eigenvalue weighted by molar-refractivity contribution is 9.10. The Morgan fingerprint density at radius 1 is 1.04 bits per heavy atom. The lowest BCUT2D eigenvalue weighted by Crippen LogP contribution is -2.33. The summed E-state index contributed by atoms with van der Waals surface area (Å²) in [5.74, 6) is 0.878. The van der Waals surface area contributed by atoms with Gasteiger partial charge in [-0.1, -0.05) is 69.5 Å². The molecule has 2 aliphatic rings. The molecular weight excluding hydrogens is 436 g/mol. The van der Waals surface area contributed by atoms with E-state index < -0.39 is 0 Å². The number of nitrogens with zero attached hydrogens (tertiary/aromatic N) is 2. The number of fused-ring (bicyclic) bond motifs is 3. The topological polar surface area (TPSA) is 24.8 Å². The average Bonchev–Trinajstić information content (AvgIpc) is 3.14. The molecule has 0 saturated carbocycles. The second kappa shape index (κ2) is 6.94. The Kier molecular flexibility index (Phi) is 4.41. The minimum absolute atomic E-state index is 0.104. The lowest BCUT2D eigenvalue weighted by Gasteiger charge is -2.38. The molecule has 3 aromatic carbocycles. The molecule has 0 saturated heterocycles. The molecule has 0 bridgehead atoms. The van der Waals surface area contributed by atoms with E-state index in [1.54, 1.807) is 0 Å². The highest BCUT2D eigenvalue weighted by atomic mass is 79.9. The molecule has 0 radical (unpaired) electrons. The Hall–Kier alpha value is -2.30. The number of benzene rings is 3. The molecule has 0 N–H and O–H groups in total. The summed E-state index contributed by atoms with van der Waals surface area (Å²) < 4.78 is 7.44.